The zero-order valence-corrected chi connectivity index (χ0v) is 16.3. The fourth-order valence-electron chi connectivity index (χ4n) is 4.25. The molecule has 0 amide bonds. The maximum Gasteiger partial charge on any atom is 0.164 e. The first-order valence-corrected chi connectivity index (χ1v) is 9.73. The number of aliphatic hydroxyl groups excluding tert-OH is 2. The molecule has 2 N–H and O–H groups in total. The van der Waals surface area contributed by atoms with Gasteiger partial charge >= 0.3 is 0 Å². The summed E-state index contributed by atoms with van der Waals surface area (Å²) >= 11 is 5.91. The van der Waals surface area contributed by atoms with Crippen LogP contribution in [0.4, 0.5) is 4.39 Å². The molecule has 0 saturated carbocycles. The molecule has 0 spiro atoms. The van der Waals surface area contributed by atoms with E-state index in [1.165, 1.54) is 12.4 Å². The molecule has 1 fully saturated rings. The fraction of sp³-hybridized carbons (Fsp3) is 0.400. The van der Waals surface area contributed by atoms with Crippen LogP contribution >= 0.6 is 11.6 Å². The van der Waals surface area contributed by atoms with E-state index in [1.54, 1.807) is 16.8 Å². The number of rotatable bonds is 2. The second kappa shape index (κ2) is 7.00. The molecule has 0 bridgehead atoms. The summed E-state index contributed by atoms with van der Waals surface area (Å²) in [5.41, 5.74) is 2.43. The third-order valence-electron chi connectivity index (χ3n) is 5.74. The normalized spacial score (nSPS) is 29.3. The molecule has 5 atom stereocenters. The van der Waals surface area contributed by atoms with Crippen LogP contribution in [-0.2, 0) is 15.9 Å². The molecule has 7 nitrogen and oxygen atoms in total. The maximum absolute atomic E-state index is 14.5. The Kier molecular flexibility index (Phi) is 4.56. The van der Waals surface area contributed by atoms with Crippen molar-refractivity contribution in [2.45, 2.75) is 44.0 Å². The van der Waals surface area contributed by atoms with Crippen LogP contribution in [0.15, 0.2) is 30.7 Å². The van der Waals surface area contributed by atoms with Crippen molar-refractivity contribution in [2.24, 2.45) is 0 Å². The number of hydrogen-bond donors (Lipinski definition) is 2. The molecule has 2 aliphatic heterocycles. The topological polar surface area (TPSA) is 89.6 Å². The monoisotopic (exact) mass is 419 g/mol. The van der Waals surface area contributed by atoms with E-state index in [9.17, 15) is 14.6 Å². The quantitative estimate of drug-likeness (QED) is 0.663. The molecule has 152 valence electrons. The summed E-state index contributed by atoms with van der Waals surface area (Å²) < 4.78 is 28.0. The van der Waals surface area contributed by atoms with Gasteiger partial charge in [-0.1, -0.05) is 17.7 Å². The van der Waals surface area contributed by atoms with E-state index in [0.29, 0.717) is 23.2 Å². The van der Waals surface area contributed by atoms with Gasteiger partial charge in [-0.15, -0.1) is 0 Å². The summed E-state index contributed by atoms with van der Waals surface area (Å²) in [6.07, 6.45) is -1.35. The second-order valence-corrected chi connectivity index (χ2v) is 7.77. The van der Waals surface area contributed by atoms with Crippen molar-refractivity contribution in [2.75, 3.05) is 6.61 Å². The van der Waals surface area contributed by atoms with E-state index in [4.69, 9.17) is 21.1 Å². The molecule has 4 heterocycles. The molecule has 2 aromatic heterocycles. The lowest BCUT2D eigenvalue weighted by Crippen LogP contribution is -2.37. The van der Waals surface area contributed by atoms with Crippen molar-refractivity contribution in [1.29, 1.82) is 0 Å². The number of ether oxygens (including phenoxy) is 2. The molecular weight excluding hydrogens is 401 g/mol. The van der Waals surface area contributed by atoms with Gasteiger partial charge in [-0.2, -0.15) is 0 Å². The Morgan fingerprint density at radius 1 is 1.21 bits per heavy atom. The minimum atomic E-state index is -1.23. The van der Waals surface area contributed by atoms with Gasteiger partial charge in [-0.3, -0.25) is 0 Å². The van der Waals surface area contributed by atoms with Crippen molar-refractivity contribution < 1.29 is 24.1 Å². The number of aromatic nitrogens is 3. The minimum Gasteiger partial charge on any atom is -0.387 e. The summed E-state index contributed by atoms with van der Waals surface area (Å²) in [7, 11) is 0. The molecule has 1 saturated heterocycles. The largest absolute Gasteiger partial charge is 0.387 e. The maximum atomic E-state index is 14.5. The van der Waals surface area contributed by atoms with Crippen LogP contribution in [0.5, 0.6) is 0 Å². The highest BCUT2D eigenvalue weighted by molar-refractivity contribution is 6.30. The molecular formula is C20H19ClFN3O4. The first-order valence-electron chi connectivity index (χ1n) is 9.35. The van der Waals surface area contributed by atoms with E-state index < -0.39 is 36.5 Å². The van der Waals surface area contributed by atoms with E-state index in [0.717, 1.165) is 11.1 Å². The lowest BCUT2D eigenvalue weighted by molar-refractivity contribution is -0.113. The Morgan fingerprint density at radius 3 is 2.86 bits per heavy atom. The van der Waals surface area contributed by atoms with Crippen LogP contribution in [0, 0.1) is 12.7 Å². The molecule has 1 aromatic carbocycles. The van der Waals surface area contributed by atoms with Crippen LogP contribution in [0.3, 0.4) is 0 Å². The Hall–Kier alpha value is -2.10. The number of halogens is 2. The van der Waals surface area contributed by atoms with Gasteiger partial charge in [0.1, 0.15) is 42.2 Å². The van der Waals surface area contributed by atoms with Gasteiger partial charge in [0.25, 0.3) is 0 Å². The van der Waals surface area contributed by atoms with Crippen molar-refractivity contribution in [3.05, 3.63) is 58.4 Å². The Bertz CT molecular complexity index is 1090. The molecule has 0 unspecified atom stereocenters. The van der Waals surface area contributed by atoms with E-state index in [-0.39, 0.29) is 11.6 Å². The summed E-state index contributed by atoms with van der Waals surface area (Å²) in [5, 5.41) is 22.3. The molecule has 3 aromatic rings. The molecule has 2 aliphatic rings. The van der Waals surface area contributed by atoms with Gasteiger partial charge in [0, 0.05) is 11.6 Å². The molecule has 0 radical (unpaired) electrons. The van der Waals surface area contributed by atoms with Crippen molar-refractivity contribution >= 4 is 22.6 Å². The van der Waals surface area contributed by atoms with Gasteiger partial charge < -0.3 is 24.3 Å². The predicted octanol–water partition coefficient (Wildman–Crippen LogP) is 2.47. The Labute approximate surface area is 170 Å². The average molecular weight is 420 g/mol. The third kappa shape index (κ3) is 2.86. The first-order chi connectivity index (χ1) is 14.0. The number of hydrogen-bond acceptors (Lipinski definition) is 6. The molecule has 0 aliphatic carbocycles. The second-order valence-electron chi connectivity index (χ2n) is 7.36. The molecule has 9 heteroatoms. The van der Waals surface area contributed by atoms with Crippen LogP contribution in [0.2, 0.25) is 5.02 Å². The summed E-state index contributed by atoms with van der Waals surface area (Å²) in [4.78, 5) is 8.45. The van der Waals surface area contributed by atoms with E-state index in [1.807, 2.05) is 13.0 Å². The highest BCUT2D eigenvalue weighted by Gasteiger charge is 2.49. The average Bonchev–Trinajstić information content (AvgIpc) is 3.27. The van der Waals surface area contributed by atoms with Gasteiger partial charge in [-0.05, 0) is 36.6 Å². The summed E-state index contributed by atoms with van der Waals surface area (Å²) in [6.45, 7) is 2.13. The zero-order valence-electron chi connectivity index (χ0n) is 15.5. The van der Waals surface area contributed by atoms with Crippen LogP contribution in [0.25, 0.3) is 11.0 Å². The number of nitrogens with zero attached hydrogens (tertiary/aromatic N) is 3. The van der Waals surface area contributed by atoms with Gasteiger partial charge in [-0.25, -0.2) is 14.4 Å². The van der Waals surface area contributed by atoms with Gasteiger partial charge in [0.15, 0.2) is 6.23 Å². The van der Waals surface area contributed by atoms with Crippen molar-refractivity contribution in [3.8, 4) is 0 Å². The molecule has 29 heavy (non-hydrogen) atoms. The van der Waals surface area contributed by atoms with E-state index >= 15 is 0 Å². The van der Waals surface area contributed by atoms with Gasteiger partial charge in [0.2, 0.25) is 0 Å². The van der Waals surface area contributed by atoms with Crippen molar-refractivity contribution in [3.63, 3.8) is 0 Å². The summed E-state index contributed by atoms with van der Waals surface area (Å²) in [6, 6.07) is 4.98. The smallest absolute Gasteiger partial charge is 0.164 e. The standard InChI is InChI=1S/C20H19ClFN3O4/c1-9-10-4-6-25(19(10)24-8-23-9)20-16(27)15(26)18(29-20)17-12-2-3-13(21)14(22)11(12)5-7-28-17/h2-4,6,8,15-18,20,26-27H,5,7H2,1H3/t15-,16+,17+,18-,20+/m0/s1. The third-order valence-corrected chi connectivity index (χ3v) is 6.04. The predicted molar refractivity (Wildman–Crippen MR) is 102 cm³/mol. The Balaban J connectivity index is 1.51. The highest BCUT2D eigenvalue weighted by Crippen LogP contribution is 2.42. The number of benzene rings is 1. The summed E-state index contributed by atoms with van der Waals surface area (Å²) in [5.74, 6) is -0.481. The van der Waals surface area contributed by atoms with Crippen molar-refractivity contribution in [1.82, 2.24) is 14.5 Å². The van der Waals surface area contributed by atoms with Crippen LogP contribution in [0.1, 0.15) is 29.2 Å². The minimum absolute atomic E-state index is 0.0454. The lowest BCUT2D eigenvalue weighted by atomic mass is 9.91. The lowest BCUT2D eigenvalue weighted by Gasteiger charge is -2.31. The number of fused-ring (bicyclic) bond motifs is 2. The zero-order chi connectivity index (χ0) is 20.3. The van der Waals surface area contributed by atoms with Gasteiger partial charge in [0.05, 0.1) is 17.3 Å². The number of aliphatic hydroxyl groups is 2. The first kappa shape index (κ1) is 18.9. The van der Waals surface area contributed by atoms with Crippen LogP contribution in [-0.4, -0.2) is 49.7 Å². The molecule has 5 rings (SSSR count). The van der Waals surface area contributed by atoms with E-state index in [2.05, 4.69) is 9.97 Å². The Morgan fingerprint density at radius 2 is 2.03 bits per heavy atom. The highest BCUT2D eigenvalue weighted by atomic mass is 35.5. The SMILES string of the molecule is Cc1ncnc2c1ccn2[C@@H]1O[C@H]([C@@H]2OCCc3c2ccc(Cl)c3F)[C@@H](O)[C@H]1O. The van der Waals surface area contributed by atoms with Crippen LogP contribution < -0.4 is 0 Å². The number of aryl methyl sites for hydroxylation is 1. The fourth-order valence-corrected chi connectivity index (χ4v) is 4.42.